The van der Waals surface area contributed by atoms with Crippen molar-refractivity contribution in [3.8, 4) is 22.4 Å². The third-order valence-electron chi connectivity index (χ3n) is 9.12. The first-order valence-electron chi connectivity index (χ1n) is 15.2. The van der Waals surface area contributed by atoms with Crippen molar-refractivity contribution in [1.82, 2.24) is 9.97 Å². The molecule has 7 aromatic carbocycles. The van der Waals surface area contributed by atoms with E-state index in [2.05, 4.69) is 110 Å². The SMILES string of the molecule is Cc1cc(-c2cccc(-c3cnc4c5ccccc5c5ccccc5c4n3)c2)c2oc3c(ccc4oc5ccccc5c43)c2c1. The Hall–Kier alpha value is -6.00. The van der Waals surface area contributed by atoms with Crippen LogP contribution in [0.5, 0.6) is 0 Å². The van der Waals surface area contributed by atoms with Gasteiger partial charge in [-0.3, -0.25) is 4.98 Å². The smallest absolute Gasteiger partial charge is 0.147 e. The summed E-state index contributed by atoms with van der Waals surface area (Å²) in [5.74, 6) is 0. The Morgan fingerprint density at radius 1 is 0.489 bits per heavy atom. The number of para-hydroxylation sites is 1. The second kappa shape index (κ2) is 9.01. The van der Waals surface area contributed by atoms with E-state index < -0.39 is 0 Å². The van der Waals surface area contributed by atoms with Gasteiger partial charge in [0.2, 0.25) is 0 Å². The lowest BCUT2D eigenvalue weighted by atomic mass is 9.97. The lowest BCUT2D eigenvalue weighted by Crippen LogP contribution is -1.92. The van der Waals surface area contributed by atoms with Crippen LogP contribution >= 0.6 is 0 Å². The van der Waals surface area contributed by atoms with E-state index in [9.17, 15) is 0 Å². The van der Waals surface area contributed by atoms with Crippen LogP contribution in [0.2, 0.25) is 0 Å². The van der Waals surface area contributed by atoms with Crippen molar-refractivity contribution in [3.05, 3.63) is 133 Å². The van der Waals surface area contributed by atoms with Crippen LogP contribution in [0, 0.1) is 6.92 Å². The molecular formula is C41H24N2O2. The number of benzene rings is 7. The minimum atomic E-state index is 0.832. The Morgan fingerprint density at radius 3 is 2.02 bits per heavy atom. The van der Waals surface area contributed by atoms with E-state index in [1.165, 1.54) is 16.3 Å². The molecule has 0 unspecified atom stereocenters. The summed E-state index contributed by atoms with van der Waals surface area (Å²) in [6, 6.07) is 42.2. The number of fused-ring (bicyclic) bond motifs is 13. The van der Waals surface area contributed by atoms with E-state index in [4.69, 9.17) is 18.8 Å². The van der Waals surface area contributed by atoms with Crippen LogP contribution < -0.4 is 0 Å². The van der Waals surface area contributed by atoms with Gasteiger partial charge in [0.15, 0.2) is 0 Å². The molecule has 0 aliphatic rings. The summed E-state index contributed by atoms with van der Waals surface area (Å²) >= 11 is 0. The van der Waals surface area contributed by atoms with Gasteiger partial charge in [0.25, 0.3) is 0 Å². The molecule has 10 rings (SSSR count). The molecule has 4 heteroatoms. The molecule has 0 aliphatic carbocycles. The summed E-state index contributed by atoms with van der Waals surface area (Å²) in [6.07, 6.45) is 1.90. The van der Waals surface area contributed by atoms with Gasteiger partial charge in [-0.1, -0.05) is 84.9 Å². The van der Waals surface area contributed by atoms with Crippen molar-refractivity contribution >= 4 is 76.5 Å². The minimum absolute atomic E-state index is 0.832. The highest BCUT2D eigenvalue weighted by Crippen LogP contribution is 2.43. The quantitative estimate of drug-likeness (QED) is 0.192. The fraction of sp³-hybridized carbons (Fsp3) is 0.0244. The van der Waals surface area contributed by atoms with Gasteiger partial charge in [0.1, 0.15) is 22.3 Å². The van der Waals surface area contributed by atoms with E-state index in [0.29, 0.717) is 0 Å². The lowest BCUT2D eigenvalue weighted by molar-refractivity contribution is 0.663. The van der Waals surface area contributed by atoms with Gasteiger partial charge in [-0.05, 0) is 65.2 Å². The van der Waals surface area contributed by atoms with Gasteiger partial charge >= 0.3 is 0 Å². The number of furan rings is 2. The maximum absolute atomic E-state index is 6.78. The molecule has 0 saturated carbocycles. The number of rotatable bonds is 2. The van der Waals surface area contributed by atoms with Gasteiger partial charge in [-0.25, -0.2) is 4.98 Å². The average Bonchev–Trinajstić information content (AvgIpc) is 3.66. The Bertz CT molecular complexity index is 2800. The molecule has 0 aliphatic heterocycles. The van der Waals surface area contributed by atoms with E-state index >= 15 is 0 Å². The van der Waals surface area contributed by atoms with Crippen molar-refractivity contribution in [2.75, 3.05) is 0 Å². The third kappa shape index (κ3) is 3.48. The maximum atomic E-state index is 6.78. The number of nitrogens with zero attached hydrogens (tertiary/aromatic N) is 2. The largest absolute Gasteiger partial charge is 0.456 e. The molecule has 4 nitrogen and oxygen atoms in total. The van der Waals surface area contributed by atoms with Gasteiger partial charge < -0.3 is 8.83 Å². The molecule has 3 aromatic heterocycles. The molecule has 45 heavy (non-hydrogen) atoms. The molecule has 210 valence electrons. The molecule has 0 amide bonds. The molecular weight excluding hydrogens is 552 g/mol. The molecule has 0 bridgehead atoms. The van der Waals surface area contributed by atoms with Gasteiger partial charge in [0.05, 0.1) is 28.3 Å². The highest BCUT2D eigenvalue weighted by Gasteiger charge is 2.19. The average molecular weight is 577 g/mol. The van der Waals surface area contributed by atoms with Crippen molar-refractivity contribution in [2.24, 2.45) is 0 Å². The van der Waals surface area contributed by atoms with Crippen molar-refractivity contribution < 1.29 is 8.83 Å². The summed E-state index contributed by atoms with van der Waals surface area (Å²) in [7, 11) is 0. The van der Waals surface area contributed by atoms with Crippen LogP contribution in [0.3, 0.4) is 0 Å². The fourth-order valence-electron chi connectivity index (χ4n) is 7.11. The van der Waals surface area contributed by atoms with Crippen LogP contribution in [0.25, 0.3) is 98.8 Å². The van der Waals surface area contributed by atoms with E-state index in [0.717, 1.165) is 88.1 Å². The normalized spacial score (nSPS) is 12.1. The Labute approximate surface area is 257 Å². The Kier molecular flexibility index (Phi) is 4.89. The van der Waals surface area contributed by atoms with Crippen LogP contribution in [0.1, 0.15) is 5.56 Å². The highest BCUT2D eigenvalue weighted by molar-refractivity contribution is 6.24. The number of hydrogen-bond acceptors (Lipinski definition) is 4. The summed E-state index contributed by atoms with van der Waals surface area (Å²) in [5, 5.41) is 8.87. The zero-order chi connectivity index (χ0) is 29.6. The van der Waals surface area contributed by atoms with Crippen molar-refractivity contribution in [2.45, 2.75) is 6.92 Å². The van der Waals surface area contributed by atoms with Crippen molar-refractivity contribution in [1.29, 1.82) is 0 Å². The third-order valence-corrected chi connectivity index (χ3v) is 9.12. The summed E-state index contributed by atoms with van der Waals surface area (Å²) in [6.45, 7) is 2.14. The van der Waals surface area contributed by atoms with Gasteiger partial charge in [-0.15, -0.1) is 0 Å². The Morgan fingerprint density at radius 2 is 1.20 bits per heavy atom. The van der Waals surface area contributed by atoms with Crippen LogP contribution in [-0.4, -0.2) is 9.97 Å². The predicted molar refractivity (Wildman–Crippen MR) is 185 cm³/mol. The molecule has 0 fully saturated rings. The molecule has 0 atom stereocenters. The second-order valence-corrected chi connectivity index (χ2v) is 11.8. The van der Waals surface area contributed by atoms with Gasteiger partial charge in [-0.2, -0.15) is 0 Å². The lowest BCUT2D eigenvalue weighted by Gasteiger charge is -2.11. The summed E-state index contributed by atoms with van der Waals surface area (Å²) in [4.78, 5) is 10.2. The number of aromatic nitrogens is 2. The summed E-state index contributed by atoms with van der Waals surface area (Å²) in [5.41, 5.74) is 10.4. The minimum Gasteiger partial charge on any atom is -0.456 e. The van der Waals surface area contributed by atoms with Crippen LogP contribution in [0.15, 0.2) is 136 Å². The zero-order valence-corrected chi connectivity index (χ0v) is 24.3. The molecule has 0 N–H and O–H groups in total. The first-order chi connectivity index (χ1) is 22.2. The number of aryl methyl sites for hydroxylation is 1. The first kappa shape index (κ1) is 24.4. The maximum Gasteiger partial charge on any atom is 0.147 e. The zero-order valence-electron chi connectivity index (χ0n) is 24.3. The summed E-state index contributed by atoms with van der Waals surface area (Å²) < 4.78 is 12.9. The van der Waals surface area contributed by atoms with Gasteiger partial charge in [0, 0.05) is 38.1 Å². The highest BCUT2D eigenvalue weighted by atomic mass is 16.3. The number of hydrogen-bond donors (Lipinski definition) is 0. The Balaban J connectivity index is 1.19. The molecule has 10 aromatic rings. The van der Waals surface area contributed by atoms with Crippen LogP contribution in [0.4, 0.5) is 0 Å². The molecule has 3 heterocycles. The monoisotopic (exact) mass is 576 g/mol. The standard InChI is InChI=1S/C41H24N2O2/c1-23-19-32(40-33(20-23)30-17-18-36-37(41(30)45-40)31-15-6-7-16-35(31)44-36)24-9-8-10-25(21-24)34-22-42-38-28-13-4-2-11-26(28)27-12-3-5-14-29(27)39(38)43-34/h2-22H,1H3. The van der Waals surface area contributed by atoms with E-state index in [1.54, 1.807) is 0 Å². The first-order valence-corrected chi connectivity index (χ1v) is 15.2. The predicted octanol–water partition coefficient (Wildman–Crippen LogP) is 11.4. The second-order valence-electron chi connectivity index (χ2n) is 11.8. The van der Waals surface area contributed by atoms with E-state index in [1.807, 2.05) is 24.4 Å². The van der Waals surface area contributed by atoms with Crippen LogP contribution in [-0.2, 0) is 0 Å². The molecule has 0 saturated heterocycles. The fourth-order valence-corrected chi connectivity index (χ4v) is 7.11. The topological polar surface area (TPSA) is 52.1 Å². The molecule has 0 spiro atoms. The van der Waals surface area contributed by atoms with E-state index in [-0.39, 0.29) is 0 Å². The van der Waals surface area contributed by atoms with Crippen molar-refractivity contribution in [3.63, 3.8) is 0 Å². The molecule has 0 radical (unpaired) electrons.